The number of morpholine rings is 1. The van der Waals surface area contributed by atoms with Crippen molar-refractivity contribution in [3.8, 4) is 0 Å². The van der Waals surface area contributed by atoms with E-state index in [-0.39, 0.29) is 43.1 Å². The predicted octanol–water partition coefficient (Wildman–Crippen LogP) is 1.11. The summed E-state index contributed by atoms with van der Waals surface area (Å²) < 4.78 is 32.2. The Hall–Kier alpha value is -2.50. The summed E-state index contributed by atoms with van der Waals surface area (Å²) in [6, 6.07) is 6.78. The topological polar surface area (TPSA) is 125 Å². The highest BCUT2D eigenvalue weighted by Crippen LogP contribution is 2.35. The van der Waals surface area contributed by atoms with Crippen LogP contribution in [-0.4, -0.2) is 73.9 Å². The molecule has 2 saturated heterocycles. The van der Waals surface area contributed by atoms with Crippen LogP contribution >= 0.6 is 0 Å². The number of amides is 4. The van der Waals surface area contributed by atoms with E-state index in [1.807, 2.05) is 6.07 Å². The van der Waals surface area contributed by atoms with Gasteiger partial charge in [-0.05, 0) is 30.4 Å². The number of carbonyl (C=O) groups excluding carboxylic acids is 3. The van der Waals surface area contributed by atoms with Crippen molar-refractivity contribution in [3.05, 3.63) is 35.4 Å². The molecule has 2 heterocycles. The molecule has 0 radical (unpaired) electrons. The Kier molecular flexibility index (Phi) is 7.54. The minimum atomic E-state index is -3.48. The number of nitrogens with one attached hydrogen (secondary N) is 2. The van der Waals surface area contributed by atoms with Crippen molar-refractivity contribution in [2.75, 3.05) is 32.8 Å². The first-order chi connectivity index (χ1) is 16.3. The molecular weight excluding hydrogens is 460 g/mol. The summed E-state index contributed by atoms with van der Waals surface area (Å²) in [6.45, 7) is 1.89. The van der Waals surface area contributed by atoms with E-state index >= 15 is 0 Å². The van der Waals surface area contributed by atoms with Crippen LogP contribution in [0.3, 0.4) is 0 Å². The number of imide groups is 1. The smallest absolute Gasteiger partial charge is 0.325 e. The second kappa shape index (κ2) is 10.4. The van der Waals surface area contributed by atoms with Gasteiger partial charge in [0.25, 0.3) is 5.91 Å². The van der Waals surface area contributed by atoms with Crippen molar-refractivity contribution in [2.24, 2.45) is 0 Å². The number of carbonyl (C=O) groups is 3. The maximum atomic E-state index is 12.8. The Bertz CT molecular complexity index is 1030. The van der Waals surface area contributed by atoms with Crippen molar-refractivity contribution in [1.29, 1.82) is 0 Å². The van der Waals surface area contributed by atoms with E-state index in [1.54, 1.807) is 18.2 Å². The summed E-state index contributed by atoms with van der Waals surface area (Å²) >= 11 is 0. The van der Waals surface area contributed by atoms with Crippen LogP contribution in [0.4, 0.5) is 4.79 Å². The molecule has 1 saturated carbocycles. The minimum absolute atomic E-state index is 0.132. The van der Waals surface area contributed by atoms with Crippen molar-refractivity contribution >= 4 is 27.9 Å². The van der Waals surface area contributed by atoms with Gasteiger partial charge < -0.3 is 15.4 Å². The van der Waals surface area contributed by atoms with Crippen LogP contribution in [0.25, 0.3) is 0 Å². The molecule has 3 fully saturated rings. The number of benzene rings is 1. The molecule has 0 bridgehead atoms. The van der Waals surface area contributed by atoms with Gasteiger partial charge in [-0.2, -0.15) is 4.31 Å². The molecule has 10 nitrogen and oxygen atoms in total. The van der Waals surface area contributed by atoms with E-state index in [9.17, 15) is 22.8 Å². The number of hydrogen-bond acceptors (Lipinski definition) is 6. The summed E-state index contributed by atoms with van der Waals surface area (Å²) in [5.41, 5.74) is 0.658. The number of rotatable bonds is 9. The van der Waals surface area contributed by atoms with Gasteiger partial charge in [-0.3, -0.25) is 14.5 Å². The van der Waals surface area contributed by atoms with Crippen LogP contribution in [0, 0.1) is 0 Å². The molecule has 4 amide bonds. The third-order valence-corrected chi connectivity index (χ3v) is 8.61. The maximum Gasteiger partial charge on any atom is 0.325 e. The molecule has 3 aliphatic rings. The molecule has 0 unspecified atom stereocenters. The summed E-state index contributed by atoms with van der Waals surface area (Å²) in [5.74, 6) is -0.522. The molecule has 0 atom stereocenters. The van der Waals surface area contributed by atoms with E-state index in [1.165, 1.54) is 9.21 Å². The van der Waals surface area contributed by atoms with Crippen molar-refractivity contribution in [2.45, 2.75) is 56.4 Å². The van der Waals surface area contributed by atoms with E-state index < -0.39 is 15.6 Å². The first-order valence-electron chi connectivity index (χ1n) is 11.8. The van der Waals surface area contributed by atoms with Gasteiger partial charge in [-0.15, -0.1) is 0 Å². The lowest BCUT2D eigenvalue weighted by molar-refractivity contribution is -0.131. The molecule has 1 aromatic carbocycles. The Labute approximate surface area is 200 Å². The first kappa shape index (κ1) is 24.6. The number of nitrogens with zero attached hydrogens (tertiary/aromatic N) is 2. The monoisotopic (exact) mass is 492 g/mol. The molecule has 186 valence electrons. The normalized spacial score (nSPS) is 20.6. The zero-order chi connectivity index (χ0) is 24.2. The molecule has 2 aliphatic heterocycles. The molecule has 2 N–H and O–H groups in total. The fourth-order valence-electron chi connectivity index (χ4n) is 4.86. The number of hydrogen-bond donors (Lipinski definition) is 2. The van der Waals surface area contributed by atoms with Crippen molar-refractivity contribution < 1.29 is 27.5 Å². The van der Waals surface area contributed by atoms with Gasteiger partial charge in [0.1, 0.15) is 5.54 Å². The summed E-state index contributed by atoms with van der Waals surface area (Å²) in [5, 5.41) is 5.67. The van der Waals surface area contributed by atoms with Crippen LogP contribution in [-0.2, 0) is 36.6 Å². The average molecular weight is 493 g/mol. The lowest BCUT2D eigenvalue weighted by Gasteiger charge is -2.26. The summed E-state index contributed by atoms with van der Waals surface area (Å²) in [7, 11) is -3.48. The molecule has 34 heavy (non-hydrogen) atoms. The first-order valence-corrected chi connectivity index (χ1v) is 13.4. The summed E-state index contributed by atoms with van der Waals surface area (Å²) in [6.07, 6.45) is 3.74. The van der Waals surface area contributed by atoms with Crippen molar-refractivity contribution in [3.63, 3.8) is 0 Å². The average Bonchev–Trinajstić information content (AvgIpc) is 3.39. The highest BCUT2D eigenvalue weighted by Gasteiger charge is 2.52. The Morgan fingerprint density at radius 1 is 1.09 bits per heavy atom. The fraction of sp³-hybridized carbons (Fsp3) is 0.609. The van der Waals surface area contributed by atoms with Crippen molar-refractivity contribution in [1.82, 2.24) is 19.8 Å². The van der Waals surface area contributed by atoms with Gasteiger partial charge in [0.15, 0.2) is 0 Å². The maximum absolute atomic E-state index is 12.8. The van der Waals surface area contributed by atoms with Gasteiger partial charge in [0, 0.05) is 32.6 Å². The lowest BCUT2D eigenvalue weighted by Crippen LogP contribution is -2.44. The molecule has 11 heteroatoms. The predicted molar refractivity (Wildman–Crippen MR) is 124 cm³/mol. The largest absolute Gasteiger partial charge is 0.379 e. The summed E-state index contributed by atoms with van der Waals surface area (Å²) in [4.78, 5) is 38.5. The molecule has 0 aromatic heterocycles. The minimum Gasteiger partial charge on any atom is -0.379 e. The molecule has 4 rings (SSSR count). The molecule has 1 spiro atoms. The highest BCUT2D eigenvalue weighted by atomic mass is 32.2. The van der Waals surface area contributed by atoms with Gasteiger partial charge in [0.05, 0.1) is 19.0 Å². The second-order valence-electron chi connectivity index (χ2n) is 9.09. The van der Waals surface area contributed by atoms with E-state index in [0.29, 0.717) is 51.1 Å². The fourth-order valence-corrected chi connectivity index (χ4v) is 6.42. The van der Waals surface area contributed by atoms with Gasteiger partial charge in [-0.25, -0.2) is 13.2 Å². The lowest BCUT2D eigenvalue weighted by atomic mass is 9.98. The van der Waals surface area contributed by atoms with Crippen LogP contribution in [0.5, 0.6) is 0 Å². The van der Waals surface area contributed by atoms with E-state index in [4.69, 9.17) is 4.74 Å². The Morgan fingerprint density at radius 3 is 2.47 bits per heavy atom. The van der Waals surface area contributed by atoms with Gasteiger partial charge >= 0.3 is 6.03 Å². The third-order valence-electron chi connectivity index (χ3n) is 6.78. The highest BCUT2D eigenvalue weighted by molar-refractivity contribution is 7.88. The molecular formula is C23H32N4O6S. The van der Waals surface area contributed by atoms with Crippen LogP contribution < -0.4 is 10.6 Å². The number of urea groups is 1. The Balaban J connectivity index is 1.26. The number of ether oxygens (including phenoxy) is 1. The Morgan fingerprint density at radius 2 is 1.76 bits per heavy atom. The standard InChI is InChI=1S/C23H32N4O6S/c28-20(8-5-11-27-21(29)23(25-22(27)30)9-3-4-10-23)24-16-18-6-1-2-7-19(18)17-34(31,32)26-12-14-33-15-13-26/h1-2,6-7H,3-5,8-17H2,(H,24,28)(H,25,30). The van der Waals surface area contributed by atoms with Crippen LogP contribution in [0.1, 0.15) is 49.7 Å². The zero-order valence-corrected chi connectivity index (χ0v) is 20.1. The second-order valence-corrected chi connectivity index (χ2v) is 11.1. The quantitative estimate of drug-likeness (QED) is 0.498. The van der Waals surface area contributed by atoms with Crippen LogP contribution in [0.2, 0.25) is 0 Å². The molecule has 1 aromatic rings. The SMILES string of the molecule is O=C(CCCN1C(=O)NC2(CCCC2)C1=O)NCc1ccccc1CS(=O)(=O)N1CCOCC1. The van der Waals surface area contributed by atoms with E-state index in [2.05, 4.69) is 10.6 Å². The van der Waals surface area contributed by atoms with Gasteiger partial charge in [0.2, 0.25) is 15.9 Å². The van der Waals surface area contributed by atoms with Crippen LogP contribution in [0.15, 0.2) is 24.3 Å². The third kappa shape index (κ3) is 5.42. The molecule has 1 aliphatic carbocycles. The zero-order valence-electron chi connectivity index (χ0n) is 19.3. The van der Waals surface area contributed by atoms with E-state index in [0.717, 1.165) is 18.4 Å². The number of sulfonamides is 1. The van der Waals surface area contributed by atoms with Gasteiger partial charge in [-0.1, -0.05) is 37.1 Å².